The minimum absolute atomic E-state index is 0.0844. The number of nitrogens with two attached hydrogens (primary N) is 1. The van der Waals surface area contributed by atoms with Crippen LogP contribution >= 0.6 is 8.60 Å². The molecule has 1 aromatic heterocycles. The second kappa shape index (κ2) is 7.49. The molecule has 4 atom stereocenters. The van der Waals surface area contributed by atoms with Crippen LogP contribution in [0.25, 0.3) is 0 Å². The van der Waals surface area contributed by atoms with Crippen molar-refractivity contribution in [1.29, 1.82) is 0 Å². The molecule has 144 valence electrons. The summed E-state index contributed by atoms with van der Waals surface area (Å²) in [7, 11) is -1.59. The lowest BCUT2D eigenvalue weighted by molar-refractivity contribution is -0.0520. The number of ether oxygens (including phenoxy) is 1. The number of aliphatic hydroxyl groups excluding tert-OH is 1. The quantitative estimate of drug-likeness (QED) is 0.745. The number of fused-ring (bicyclic) bond motifs is 1. The molecular formula is C16H17FN3O6P. The second-order valence-electron chi connectivity index (χ2n) is 6.11. The standard InChI is InChI=1S/C16H17FN3O6P/c17-11-6-20(16(22)19-14(11)18)15-12(21)5-10(25-15)8-24-27-23-7-9-3-1-2-4-13(9)26-27/h1-4,6,10,12,15,21H,5,7-8H2,(H2,18,19,22). The van der Waals surface area contributed by atoms with Crippen molar-refractivity contribution in [2.45, 2.75) is 31.5 Å². The first-order chi connectivity index (χ1) is 13.0. The van der Waals surface area contributed by atoms with Crippen LogP contribution in [0.2, 0.25) is 0 Å². The van der Waals surface area contributed by atoms with Gasteiger partial charge in [-0.05, 0) is 6.07 Å². The Morgan fingerprint density at radius 2 is 2.26 bits per heavy atom. The maximum absolute atomic E-state index is 13.6. The number of hydrogen-bond acceptors (Lipinski definition) is 8. The van der Waals surface area contributed by atoms with Gasteiger partial charge in [0.05, 0.1) is 25.5 Å². The van der Waals surface area contributed by atoms with Gasteiger partial charge in [0, 0.05) is 12.0 Å². The summed E-state index contributed by atoms with van der Waals surface area (Å²) < 4.78 is 36.9. The third-order valence-corrected chi connectivity index (χ3v) is 5.26. The highest BCUT2D eigenvalue weighted by Crippen LogP contribution is 2.47. The molecule has 3 N–H and O–H groups in total. The SMILES string of the molecule is Nc1nc(=O)n(C2OC(COP3OCc4ccccc4O3)CC2O)cc1F. The van der Waals surface area contributed by atoms with Crippen LogP contribution in [0.5, 0.6) is 5.75 Å². The smallest absolute Gasteiger partial charge is 0.397 e. The molecule has 0 radical (unpaired) electrons. The number of hydrogen-bond donors (Lipinski definition) is 2. The first-order valence-electron chi connectivity index (χ1n) is 8.21. The molecule has 4 unspecified atom stereocenters. The molecule has 27 heavy (non-hydrogen) atoms. The number of benzene rings is 1. The minimum atomic E-state index is -1.59. The second-order valence-corrected chi connectivity index (χ2v) is 7.25. The van der Waals surface area contributed by atoms with E-state index in [9.17, 15) is 14.3 Å². The predicted octanol–water partition coefficient (Wildman–Crippen LogP) is 1.47. The molecule has 11 heteroatoms. The van der Waals surface area contributed by atoms with Crippen molar-refractivity contribution < 1.29 is 27.8 Å². The Labute approximate surface area is 154 Å². The number of aliphatic hydroxyl groups is 1. The van der Waals surface area contributed by atoms with Gasteiger partial charge in [-0.3, -0.25) is 13.6 Å². The molecule has 4 rings (SSSR count). The average molecular weight is 397 g/mol. The van der Waals surface area contributed by atoms with Crippen molar-refractivity contribution in [2.75, 3.05) is 12.3 Å². The van der Waals surface area contributed by atoms with E-state index in [1.54, 1.807) is 0 Å². The van der Waals surface area contributed by atoms with Gasteiger partial charge in [0.25, 0.3) is 0 Å². The Morgan fingerprint density at radius 3 is 3.11 bits per heavy atom. The van der Waals surface area contributed by atoms with E-state index in [1.165, 1.54) is 0 Å². The van der Waals surface area contributed by atoms with Crippen molar-refractivity contribution in [3.8, 4) is 5.75 Å². The largest absolute Gasteiger partial charge is 0.426 e. The number of nitrogen functional groups attached to an aromatic ring is 1. The van der Waals surface area contributed by atoms with E-state index in [1.807, 2.05) is 24.3 Å². The molecule has 0 amide bonds. The summed E-state index contributed by atoms with van der Waals surface area (Å²) in [6.45, 7) is 0.464. The molecule has 2 aliphatic rings. The van der Waals surface area contributed by atoms with Crippen molar-refractivity contribution in [3.63, 3.8) is 0 Å². The van der Waals surface area contributed by atoms with Gasteiger partial charge in [-0.25, -0.2) is 9.18 Å². The zero-order chi connectivity index (χ0) is 19.0. The summed E-state index contributed by atoms with van der Waals surface area (Å²) in [5.74, 6) is -0.662. The Bertz CT molecular complexity index is 897. The van der Waals surface area contributed by atoms with Crippen LogP contribution in [0.4, 0.5) is 10.2 Å². The predicted molar refractivity (Wildman–Crippen MR) is 92.1 cm³/mol. The maximum Gasteiger partial charge on any atom is 0.397 e. The normalized spacial score (nSPS) is 27.2. The van der Waals surface area contributed by atoms with Crippen molar-refractivity contribution >= 4 is 14.4 Å². The fourth-order valence-electron chi connectivity index (χ4n) is 2.88. The van der Waals surface area contributed by atoms with Gasteiger partial charge in [-0.15, -0.1) is 0 Å². The van der Waals surface area contributed by atoms with Crippen LogP contribution in [0.3, 0.4) is 0 Å². The van der Waals surface area contributed by atoms with Gasteiger partial charge in [0.15, 0.2) is 17.9 Å². The van der Waals surface area contributed by atoms with Gasteiger partial charge < -0.3 is 20.1 Å². The molecule has 0 bridgehead atoms. The first-order valence-corrected chi connectivity index (χ1v) is 9.30. The molecule has 3 heterocycles. The lowest BCUT2D eigenvalue weighted by Gasteiger charge is -2.24. The lowest BCUT2D eigenvalue weighted by atomic mass is 10.2. The highest BCUT2D eigenvalue weighted by molar-refractivity contribution is 7.42. The number of halogens is 1. The van der Waals surface area contributed by atoms with E-state index < -0.39 is 44.4 Å². The minimum Gasteiger partial charge on any atom is -0.426 e. The summed E-state index contributed by atoms with van der Waals surface area (Å²) in [4.78, 5) is 15.3. The highest BCUT2D eigenvalue weighted by Gasteiger charge is 2.37. The van der Waals surface area contributed by atoms with Gasteiger partial charge in [0.1, 0.15) is 11.9 Å². The first kappa shape index (κ1) is 18.3. The van der Waals surface area contributed by atoms with E-state index in [-0.39, 0.29) is 13.0 Å². The summed E-state index contributed by atoms with van der Waals surface area (Å²) in [6, 6.07) is 7.49. The maximum atomic E-state index is 13.6. The fraction of sp³-hybridized carbons (Fsp3) is 0.375. The number of rotatable bonds is 4. The fourth-order valence-corrected chi connectivity index (χ4v) is 3.93. The zero-order valence-corrected chi connectivity index (χ0v) is 14.9. The van der Waals surface area contributed by atoms with Gasteiger partial charge in [-0.2, -0.15) is 4.98 Å². The molecule has 1 saturated heterocycles. The molecule has 1 fully saturated rings. The molecule has 2 aliphatic heterocycles. The van der Waals surface area contributed by atoms with E-state index in [0.29, 0.717) is 12.4 Å². The number of nitrogens with zero attached hydrogens (tertiary/aromatic N) is 2. The number of para-hydroxylation sites is 1. The van der Waals surface area contributed by atoms with Crippen molar-refractivity contribution in [2.24, 2.45) is 0 Å². The van der Waals surface area contributed by atoms with Crippen LogP contribution in [0.1, 0.15) is 18.2 Å². The van der Waals surface area contributed by atoms with Crippen LogP contribution in [-0.4, -0.2) is 33.5 Å². The topological polar surface area (TPSA) is 118 Å². The molecule has 0 spiro atoms. The highest BCUT2D eigenvalue weighted by atomic mass is 31.2. The summed E-state index contributed by atoms with van der Waals surface area (Å²) >= 11 is 0. The van der Waals surface area contributed by atoms with Gasteiger partial charge >= 0.3 is 14.3 Å². The monoisotopic (exact) mass is 397 g/mol. The molecule has 0 saturated carbocycles. The Kier molecular flexibility index (Phi) is 5.07. The van der Waals surface area contributed by atoms with Crippen molar-refractivity contribution in [3.05, 3.63) is 52.3 Å². The molecular weight excluding hydrogens is 380 g/mol. The van der Waals surface area contributed by atoms with Crippen LogP contribution in [-0.2, 0) is 20.4 Å². The van der Waals surface area contributed by atoms with Crippen LogP contribution in [0.15, 0.2) is 35.3 Å². The molecule has 9 nitrogen and oxygen atoms in total. The van der Waals surface area contributed by atoms with E-state index in [0.717, 1.165) is 16.3 Å². The van der Waals surface area contributed by atoms with E-state index in [2.05, 4.69) is 4.98 Å². The third-order valence-electron chi connectivity index (χ3n) is 4.21. The summed E-state index contributed by atoms with van der Waals surface area (Å²) in [5, 5.41) is 10.2. The Hall–Kier alpha value is -2.10. The lowest BCUT2D eigenvalue weighted by Crippen LogP contribution is -2.32. The number of aromatic nitrogens is 2. The Balaban J connectivity index is 1.37. The molecule has 1 aromatic carbocycles. The summed E-state index contributed by atoms with van der Waals surface area (Å²) in [5.41, 5.74) is 5.39. The van der Waals surface area contributed by atoms with Crippen LogP contribution in [0, 0.1) is 5.82 Å². The average Bonchev–Trinajstić information content (AvgIpc) is 3.03. The van der Waals surface area contributed by atoms with Crippen molar-refractivity contribution in [1.82, 2.24) is 9.55 Å². The molecule has 0 aliphatic carbocycles. The zero-order valence-electron chi connectivity index (χ0n) is 14.0. The third kappa shape index (κ3) is 3.80. The Morgan fingerprint density at radius 1 is 1.44 bits per heavy atom. The number of anilines is 1. The van der Waals surface area contributed by atoms with Gasteiger partial charge in [-0.1, -0.05) is 18.2 Å². The van der Waals surface area contributed by atoms with E-state index >= 15 is 0 Å². The van der Waals surface area contributed by atoms with Gasteiger partial charge in [0.2, 0.25) is 0 Å². The summed E-state index contributed by atoms with van der Waals surface area (Å²) in [6.07, 6.45) is -1.55. The van der Waals surface area contributed by atoms with Crippen LogP contribution < -0.4 is 15.9 Å². The molecule has 2 aromatic rings. The van der Waals surface area contributed by atoms with E-state index in [4.69, 9.17) is 24.0 Å².